The zero-order chi connectivity index (χ0) is 20.0. The molecule has 0 saturated carbocycles. The van der Waals surface area contributed by atoms with Gasteiger partial charge in [0.05, 0.1) is 12.0 Å². The molecule has 0 aromatic heterocycles. The smallest absolute Gasteiger partial charge is 0.387 e. The summed E-state index contributed by atoms with van der Waals surface area (Å²) in [5.41, 5.74) is -0.277. The number of anilines is 1. The summed E-state index contributed by atoms with van der Waals surface area (Å²) in [5, 5.41) is 13.0. The van der Waals surface area contributed by atoms with Crippen LogP contribution < -0.4 is 14.8 Å². The quantitative estimate of drug-likeness (QED) is 0.444. The number of nitro groups is 1. The van der Waals surface area contributed by atoms with Crippen molar-refractivity contribution in [3.63, 3.8) is 0 Å². The lowest BCUT2D eigenvalue weighted by atomic mass is 10.2. The van der Waals surface area contributed by atoms with E-state index in [0.717, 1.165) is 18.2 Å². The first kappa shape index (κ1) is 19.8. The van der Waals surface area contributed by atoms with E-state index in [1.54, 1.807) is 0 Å². The monoisotopic (exact) mass is 382 g/mol. The highest BCUT2D eigenvalue weighted by atomic mass is 19.3. The second kappa shape index (κ2) is 8.70. The zero-order valence-corrected chi connectivity index (χ0v) is 13.8. The fourth-order valence-electron chi connectivity index (χ4n) is 2.07. The van der Waals surface area contributed by atoms with Crippen LogP contribution in [0.2, 0.25) is 0 Å². The number of ether oxygens (including phenoxy) is 2. The summed E-state index contributed by atoms with van der Waals surface area (Å²) < 4.78 is 47.1. The third-order valence-electron chi connectivity index (χ3n) is 3.24. The standard InChI is InChI=1S/C17H13F3N2O5/c1-26-15-8-10(2-6-14(15)27-17(19)20)3-7-16(23)21-11-4-5-12(18)13(9-11)22(24)25/h2-9,17H,1H3,(H,21,23)/b7-3+. The molecule has 10 heteroatoms. The molecule has 0 fully saturated rings. The first-order valence-electron chi connectivity index (χ1n) is 7.36. The van der Waals surface area contributed by atoms with Crippen molar-refractivity contribution in [2.24, 2.45) is 0 Å². The molecule has 142 valence electrons. The maximum Gasteiger partial charge on any atom is 0.387 e. The summed E-state index contributed by atoms with van der Waals surface area (Å²) in [6.07, 6.45) is 2.47. The minimum atomic E-state index is -3.01. The second-order valence-corrected chi connectivity index (χ2v) is 5.03. The van der Waals surface area contributed by atoms with Crippen molar-refractivity contribution in [1.29, 1.82) is 0 Å². The molecule has 0 spiro atoms. The number of nitro benzene ring substituents is 1. The first-order chi connectivity index (χ1) is 12.8. The Hall–Kier alpha value is -3.56. The summed E-state index contributed by atoms with van der Waals surface area (Å²) in [4.78, 5) is 21.7. The Kier molecular flexibility index (Phi) is 6.36. The average molecular weight is 382 g/mol. The van der Waals surface area contributed by atoms with Gasteiger partial charge in [-0.1, -0.05) is 6.07 Å². The van der Waals surface area contributed by atoms with Crippen LogP contribution in [-0.4, -0.2) is 24.6 Å². The predicted octanol–water partition coefficient (Wildman–Crippen LogP) is 4.00. The molecule has 0 saturated heterocycles. The molecule has 2 aromatic rings. The van der Waals surface area contributed by atoms with Gasteiger partial charge in [0, 0.05) is 17.8 Å². The van der Waals surface area contributed by atoms with Crippen LogP contribution in [0.25, 0.3) is 6.08 Å². The van der Waals surface area contributed by atoms with Crippen LogP contribution in [0, 0.1) is 15.9 Å². The number of hydrogen-bond donors (Lipinski definition) is 1. The molecule has 0 aliphatic carbocycles. The Bertz CT molecular complexity index is 887. The third-order valence-corrected chi connectivity index (χ3v) is 3.24. The van der Waals surface area contributed by atoms with Crippen LogP contribution in [-0.2, 0) is 4.79 Å². The fourth-order valence-corrected chi connectivity index (χ4v) is 2.07. The van der Waals surface area contributed by atoms with Gasteiger partial charge in [-0.05, 0) is 35.9 Å². The lowest BCUT2D eigenvalue weighted by Gasteiger charge is -2.10. The van der Waals surface area contributed by atoms with Crippen molar-refractivity contribution in [3.05, 3.63) is 64.0 Å². The second-order valence-electron chi connectivity index (χ2n) is 5.03. The Balaban J connectivity index is 2.10. The average Bonchev–Trinajstić information content (AvgIpc) is 2.61. The molecular formula is C17H13F3N2O5. The van der Waals surface area contributed by atoms with Gasteiger partial charge in [0.1, 0.15) is 0 Å². The van der Waals surface area contributed by atoms with Crippen LogP contribution in [0.4, 0.5) is 24.5 Å². The van der Waals surface area contributed by atoms with Gasteiger partial charge in [0.25, 0.3) is 0 Å². The van der Waals surface area contributed by atoms with Crippen molar-refractivity contribution in [1.82, 2.24) is 0 Å². The number of rotatable bonds is 7. The third kappa shape index (κ3) is 5.46. The number of alkyl halides is 2. The van der Waals surface area contributed by atoms with Crippen molar-refractivity contribution in [3.8, 4) is 11.5 Å². The lowest BCUT2D eigenvalue weighted by Crippen LogP contribution is -2.08. The molecule has 0 radical (unpaired) electrons. The number of amides is 1. The van der Waals surface area contributed by atoms with Gasteiger partial charge in [-0.15, -0.1) is 0 Å². The summed E-state index contributed by atoms with van der Waals surface area (Å²) in [7, 11) is 1.27. The van der Waals surface area contributed by atoms with E-state index >= 15 is 0 Å². The minimum absolute atomic E-state index is 0.0380. The van der Waals surface area contributed by atoms with E-state index in [1.165, 1.54) is 37.5 Å². The number of nitrogens with one attached hydrogen (secondary N) is 1. The van der Waals surface area contributed by atoms with Gasteiger partial charge < -0.3 is 14.8 Å². The van der Waals surface area contributed by atoms with E-state index in [4.69, 9.17) is 4.74 Å². The van der Waals surface area contributed by atoms with Gasteiger partial charge in [-0.2, -0.15) is 13.2 Å². The molecule has 2 rings (SSSR count). The van der Waals surface area contributed by atoms with Crippen LogP contribution in [0.1, 0.15) is 5.56 Å². The van der Waals surface area contributed by atoms with E-state index in [-0.39, 0.29) is 17.2 Å². The van der Waals surface area contributed by atoms with Crippen LogP contribution in [0.15, 0.2) is 42.5 Å². The molecule has 1 amide bonds. The molecule has 2 aromatic carbocycles. The van der Waals surface area contributed by atoms with Gasteiger partial charge in [-0.25, -0.2) is 0 Å². The highest BCUT2D eigenvalue weighted by Gasteiger charge is 2.15. The fraction of sp³-hybridized carbons (Fsp3) is 0.118. The number of nitrogens with zero attached hydrogens (tertiary/aromatic N) is 1. The summed E-state index contributed by atoms with van der Waals surface area (Å²) >= 11 is 0. The number of benzene rings is 2. The lowest BCUT2D eigenvalue weighted by molar-refractivity contribution is -0.387. The van der Waals surface area contributed by atoms with Gasteiger partial charge in [-0.3, -0.25) is 14.9 Å². The maximum atomic E-state index is 13.3. The summed E-state index contributed by atoms with van der Waals surface area (Å²) in [5.74, 6) is -1.77. The Labute approximate surface area is 151 Å². The summed E-state index contributed by atoms with van der Waals surface area (Å²) in [6.45, 7) is -3.01. The molecule has 0 aliphatic rings. The number of carbonyl (C=O) groups excluding carboxylic acids is 1. The van der Waals surface area contributed by atoms with E-state index in [1.807, 2.05) is 0 Å². The van der Waals surface area contributed by atoms with Gasteiger partial charge >= 0.3 is 12.3 Å². The number of carbonyl (C=O) groups is 1. The SMILES string of the molecule is COc1cc(/C=C/C(=O)Nc2ccc(F)c([N+](=O)[O-])c2)ccc1OC(F)F. The minimum Gasteiger partial charge on any atom is -0.493 e. The largest absolute Gasteiger partial charge is 0.493 e. The van der Waals surface area contributed by atoms with Crippen molar-refractivity contribution < 1.29 is 32.4 Å². The molecule has 27 heavy (non-hydrogen) atoms. The Morgan fingerprint density at radius 3 is 2.59 bits per heavy atom. The number of halogens is 3. The first-order valence-corrected chi connectivity index (χ1v) is 7.36. The molecule has 0 atom stereocenters. The Morgan fingerprint density at radius 2 is 1.96 bits per heavy atom. The highest BCUT2D eigenvalue weighted by molar-refractivity contribution is 6.02. The van der Waals surface area contributed by atoms with Crippen LogP contribution >= 0.6 is 0 Å². The van der Waals surface area contributed by atoms with E-state index in [2.05, 4.69) is 10.1 Å². The molecule has 0 heterocycles. The van der Waals surface area contributed by atoms with Crippen LogP contribution in [0.3, 0.4) is 0 Å². The molecular weight excluding hydrogens is 369 g/mol. The van der Waals surface area contributed by atoms with Crippen LogP contribution in [0.5, 0.6) is 11.5 Å². The van der Waals surface area contributed by atoms with Crippen molar-refractivity contribution >= 4 is 23.4 Å². The molecule has 0 aliphatic heterocycles. The van der Waals surface area contributed by atoms with E-state index in [9.17, 15) is 28.1 Å². The Morgan fingerprint density at radius 1 is 1.22 bits per heavy atom. The summed E-state index contributed by atoms with van der Waals surface area (Å²) in [6, 6.07) is 6.99. The predicted molar refractivity (Wildman–Crippen MR) is 90.3 cm³/mol. The topological polar surface area (TPSA) is 90.7 Å². The van der Waals surface area contributed by atoms with E-state index < -0.39 is 28.9 Å². The molecule has 7 nitrogen and oxygen atoms in total. The number of methoxy groups -OCH3 is 1. The van der Waals surface area contributed by atoms with E-state index in [0.29, 0.717) is 5.56 Å². The van der Waals surface area contributed by atoms with Crippen molar-refractivity contribution in [2.75, 3.05) is 12.4 Å². The highest BCUT2D eigenvalue weighted by Crippen LogP contribution is 2.30. The molecule has 0 unspecified atom stereocenters. The van der Waals surface area contributed by atoms with Gasteiger partial charge in [0.2, 0.25) is 11.7 Å². The molecule has 0 bridgehead atoms. The maximum absolute atomic E-state index is 13.3. The molecule has 1 N–H and O–H groups in total. The normalized spacial score (nSPS) is 10.9. The zero-order valence-electron chi connectivity index (χ0n) is 13.8. The van der Waals surface area contributed by atoms with Crippen molar-refractivity contribution in [2.45, 2.75) is 6.61 Å². The van der Waals surface area contributed by atoms with Gasteiger partial charge in [0.15, 0.2) is 11.5 Å². The number of hydrogen-bond acceptors (Lipinski definition) is 5.